The van der Waals surface area contributed by atoms with Crippen LogP contribution >= 0.6 is 0 Å². The number of methoxy groups -OCH3 is 1. The minimum atomic E-state index is -0.0856. The van der Waals surface area contributed by atoms with Gasteiger partial charge in [-0.2, -0.15) is 0 Å². The van der Waals surface area contributed by atoms with Gasteiger partial charge in [0, 0.05) is 0 Å². The molecule has 0 amide bonds. The Morgan fingerprint density at radius 1 is 1.70 bits per heavy atom. The monoisotopic (exact) mass is 140 g/mol. The molecular weight excluding hydrogens is 128 g/mol. The first-order chi connectivity index (χ1) is 4.75. The van der Waals surface area contributed by atoms with Crippen molar-refractivity contribution in [2.45, 2.75) is 13.3 Å². The molecule has 2 unspecified atom stereocenters. The van der Waals surface area contributed by atoms with E-state index in [4.69, 9.17) is 0 Å². The molecule has 1 rings (SSSR count). The molecule has 2 nitrogen and oxygen atoms in total. The molecule has 0 spiro atoms. The highest BCUT2D eigenvalue weighted by Crippen LogP contribution is 2.25. The lowest BCUT2D eigenvalue weighted by molar-refractivity contribution is -0.146. The van der Waals surface area contributed by atoms with Crippen LogP contribution in [0.15, 0.2) is 12.2 Å². The van der Waals surface area contributed by atoms with Gasteiger partial charge in [-0.25, -0.2) is 0 Å². The molecule has 0 N–H and O–H groups in total. The van der Waals surface area contributed by atoms with Gasteiger partial charge in [0.25, 0.3) is 0 Å². The summed E-state index contributed by atoms with van der Waals surface area (Å²) < 4.78 is 4.63. The summed E-state index contributed by atoms with van der Waals surface area (Å²) in [6, 6.07) is 0. The van der Waals surface area contributed by atoms with Gasteiger partial charge in [-0.15, -0.1) is 0 Å². The maximum absolute atomic E-state index is 11.0. The van der Waals surface area contributed by atoms with Gasteiger partial charge in [0.2, 0.25) is 0 Å². The van der Waals surface area contributed by atoms with Crippen molar-refractivity contribution in [1.29, 1.82) is 0 Å². The fraction of sp³-hybridized carbons (Fsp3) is 0.625. The zero-order chi connectivity index (χ0) is 7.56. The second-order valence-electron chi connectivity index (χ2n) is 2.65. The molecule has 2 heteroatoms. The third-order valence-electron chi connectivity index (χ3n) is 1.97. The fourth-order valence-electron chi connectivity index (χ4n) is 1.25. The smallest absolute Gasteiger partial charge is 0.309 e. The summed E-state index contributed by atoms with van der Waals surface area (Å²) in [6.45, 7) is 2.03. The Morgan fingerprint density at radius 3 is 2.80 bits per heavy atom. The van der Waals surface area contributed by atoms with Crippen molar-refractivity contribution in [2.24, 2.45) is 11.8 Å². The third-order valence-corrected chi connectivity index (χ3v) is 1.97. The largest absolute Gasteiger partial charge is 0.469 e. The molecular formula is C8H12O2. The number of rotatable bonds is 1. The summed E-state index contributed by atoms with van der Waals surface area (Å²) in [6.07, 6.45) is 4.93. The van der Waals surface area contributed by atoms with Crippen LogP contribution in [0.5, 0.6) is 0 Å². The second-order valence-corrected chi connectivity index (χ2v) is 2.65. The summed E-state index contributed by atoms with van der Waals surface area (Å²) in [5.41, 5.74) is 0. The lowest BCUT2D eigenvalue weighted by Gasteiger charge is -2.11. The van der Waals surface area contributed by atoms with E-state index in [1.807, 2.05) is 13.0 Å². The predicted octanol–water partition coefficient (Wildman–Crippen LogP) is 1.37. The Hall–Kier alpha value is -0.790. The summed E-state index contributed by atoms with van der Waals surface area (Å²) >= 11 is 0. The maximum atomic E-state index is 11.0. The first-order valence-electron chi connectivity index (χ1n) is 3.50. The first kappa shape index (κ1) is 7.32. The average Bonchev–Trinajstić information content (AvgIpc) is 2.34. The van der Waals surface area contributed by atoms with Crippen LogP contribution in [0.1, 0.15) is 13.3 Å². The van der Waals surface area contributed by atoms with Crippen molar-refractivity contribution >= 4 is 5.97 Å². The molecule has 2 atom stereocenters. The number of carbonyl (C=O) groups is 1. The molecule has 10 heavy (non-hydrogen) atoms. The van der Waals surface area contributed by atoms with Gasteiger partial charge in [-0.3, -0.25) is 4.79 Å². The summed E-state index contributed by atoms with van der Waals surface area (Å²) in [5, 5.41) is 0. The maximum Gasteiger partial charge on any atom is 0.309 e. The Bertz CT molecular complexity index is 161. The van der Waals surface area contributed by atoms with Crippen molar-refractivity contribution in [1.82, 2.24) is 0 Å². The highest BCUT2D eigenvalue weighted by molar-refractivity contribution is 5.73. The Balaban J connectivity index is 2.51. The fourth-order valence-corrected chi connectivity index (χ4v) is 1.25. The molecule has 1 aliphatic carbocycles. The van der Waals surface area contributed by atoms with Crippen molar-refractivity contribution in [2.75, 3.05) is 7.11 Å². The number of carbonyl (C=O) groups excluding carboxylic acids is 1. The average molecular weight is 140 g/mol. The van der Waals surface area contributed by atoms with Crippen molar-refractivity contribution < 1.29 is 9.53 Å². The van der Waals surface area contributed by atoms with Crippen LogP contribution in [0.2, 0.25) is 0 Å². The van der Waals surface area contributed by atoms with Crippen molar-refractivity contribution in [3.8, 4) is 0 Å². The van der Waals surface area contributed by atoms with Gasteiger partial charge in [-0.1, -0.05) is 19.1 Å². The summed E-state index contributed by atoms with van der Waals surface area (Å²) in [5.74, 6) is 0.343. The van der Waals surface area contributed by atoms with Crippen LogP contribution in [0.4, 0.5) is 0 Å². The molecule has 0 bridgehead atoms. The van der Waals surface area contributed by atoms with Crippen molar-refractivity contribution in [3.05, 3.63) is 12.2 Å². The molecule has 0 aromatic heterocycles. The number of allylic oxidation sites excluding steroid dienone is 2. The lowest BCUT2D eigenvalue weighted by Crippen LogP contribution is -2.18. The molecule has 0 aromatic rings. The number of hydrogen-bond acceptors (Lipinski definition) is 2. The van der Waals surface area contributed by atoms with Crippen LogP contribution in [-0.4, -0.2) is 13.1 Å². The molecule has 0 aliphatic heterocycles. The van der Waals surface area contributed by atoms with E-state index in [1.54, 1.807) is 0 Å². The van der Waals surface area contributed by atoms with E-state index < -0.39 is 0 Å². The first-order valence-corrected chi connectivity index (χ1v) is 3.50. The molecule has 56 valence electrons. The van der Waals surface area contributed by atoms with Gasteiger partial charge in [0.15, 0.2) is 0 Å². The predicted molar refractivity (Wildman–Crippen MR) is 38.4 cm³/mol. The Morgan fingerprint density at radius 2 is 2.40 bits per heavy atom. The normalized spacial score (nSPS) is 30.6. The Labute approximate surface area is 60.9 Å². The molecule has 0 radical (unpaired) electrons. The third kappa shape index (κ3) is 1.20. The van der Waals surface area contributed by atoms with Gasteiger partial charge >= 0.3 is 5.97 Å². The lowest BCUT2D eigenvalue weighted by atomic mass is 9.98. The highest BCUT2D eigenvalue weighted by Gasteiger charge is 2.26. The van der Waals surface area contributed by atoms with Gasteiger partial charge < -0.3 is 4.74 Å². The van der Waals surface area contributed by atoms with E-state index in [9.17, 15) is 4.79 Å². The van der Waals surface area contributed by atoms with Gasteiger partial charge in [0.05, 0.1) is 13.0 Å². The van der Waals surface area contributed by atoms with Crippen LogP contribution in [0, 0.1) is 11.8 Å². The molecule has 0 fully saturated rings. The van der Waals surface area contributed by atoms with E-state index in [1.165, 1.54) is 7.11 Å². The molecule has 1 aliphatic rings. The second kappa shape index (κ2) is 2.86. The van der Waals surface area contributed by atoms with Crippen LogP contribution in [0.3, 0.4) is 0 Å². The SMILES string of the molecule is COC(=O)C1CC=CC1C. The zero-order valence-electron chi connectivity index (χ0n) is 6.33. The standard InChI is InChI=1S/C8H12O2/c1-6-4-3-5-7(6)8(9)10-2/h3-4,6-7H,5H2,1-2H3. The van der Waals surface area contributed by atoms with Gasteiger partial charge in [0.1, 0.15) is 0 Å². The zero-order valence-corrected chi connectivity index (χ0v) is 6.33. The number of hydrogen-bond donors (Lipinski definition) is 0. The van der Waals surface area contributed by atoms with E-state index >= 15 is 0 Å². The molecule has 0 saturated heterocycles. The topological polar surface area (TPSA) is 26.3 Å². The van der Waals surface area contributed by atoms with E-state index in [0.29, 0.717) is 5.92 Å². The quantitative estimate of drug-likeness (QED) is 0.406. The van der Waals surface area contributed by atoms with E-state index in [2.05, 4.69) is 10.8 Å². The number of esters is 1. The van der Waals surface area contributed by atoms with Crippen LogP contribution < -0.4 is 0 Å². The van der Waals surface area contributed by atoms with Crippen LogP contribution in [0.25, 0.3) is 0 Å². The molecule has 0 heterocycles. The molecule has 0 saturated carbocycles. The van der Waals surface area contributed by atoms with E-state index in [-0.39, 0.29) is 11.9 Å². The van der Waals surface area contributed by atoms with Crippen LogP contribution in [-0.2, 0) is 9.53 Å². The van der Waals surface area contributed by atoms with Crippen molar-refractivity contribution in [3.63, 3.8) is 0 Å². The minimum Gasteiger partial charge on any atom is -0.469 e. The summed E-state index contributed by atoms with van der Waals surface area (Å²) in [7, 11) is 1.44. The van der Waals surface area contributed by atoms with E-state index in [0.717, 1.165) is 6.42 Å². The Kier molecular flexibility index (Phi) is 2.10. The molecule has 0 aromatic carbocycles. The minimum absolute atomic E-state index is 0.0741. The number of ether oxygens (including phenoxy) is 1. The highest BCUT2D eigenvalue weighted by atomic mass is 16.5. The summed E-state index contributed by atoms with van der Waals surface area (Å²) in [4.78, 5) is 11.0. The van der Waals surface area contributed by atoms with Gasteiger partial charge in [-0.05, 0) is 12.3 Å².